The molecule has 16 nitrogen and oxygen atoms in total. The lowest BCUT2D eigenvalue weighted by Crippen LogP contribution is -2.38. The molecule has 16 heteroatoms. The van der Waals surface area contributed by atoms with E-state index in [-0.39, 0.29) is 88.2 Å². The van der Waals surface area contributed by atoms with Gasteiger partial charge in [-0.15, -0.1) is 0 Å². The molecule has 0 bridgehead atoms. The largest absolute Gasteiger partial charge is 0.391 e. The molecule has 0 aliphatic heterocycles. The van der Waals surface area contributed by atoms with Crippen molar-refractivity contribution in [3.8, 4) is 0 Å². The van der Waals surface area contributed by atoms with Crippen LogP contribution in [0, 0.1) is 10.8 Å². The van der Waals surface area contributed by atoms with Crippen LogP contribution in [0.2, 0.25) is 0 Å². The molecule has 4 amide bonds. The van der Waals surface area contributed by atoms with Gasteiger partial charge in [-0.05, 0) is 25.3 Å². The molecule has 232 valence electrons. The first-order chi connectivity index (χ1) is 19.2. The molecule has 16 N–H and O–H groups in total. The summed E-state index contributed by atoms with van der Waals surface area (Å²) >= 11 is 0. The molecule has 0 aromatic rings. The van der Waals surface area contributed by atoms with E-state index < -0.39 is 36.1 Å². The van der Waals surface area contributed by atoms with Crippen molar-refractivity contribution in [2.24, 2.45) is 22.9 Å². The van der Waals surface area contributed by atoms with Gasteiger partial charge in [0, 0.05) is 76.1 Å². The number of carbonyl (C=O) groups is 4. The van der Waals surface area contributed by atoms with E-state index >= 15 is 0 Å². The maximum atomic E-state index is 12.1. The SMILES string of the molecule is CC(/C=C/C(=O)NC[C@H](O)C[C@@H](N)CC(=O)NCCC(=N)N)=C\C(=O)NC[C@H](O)C[C@@H](N)CC(=O)NCCC(=N)N. The first-order valence-corrected chi connectivity index (χ1v) is 13.2. The Labute approximate surface area is 239 Å². The number of amides is 4. The quantitative estimate of drug-likeness (QED) is 0.0274. The zero-order valence-corrected chi connectivity index (χ0v) is 23.4. The molecule has 0 rings (SSSR count). The van der Waals surface area contributed by atoms with Crippen molar-refractivity contribution in [1.82, 2.24) is 21.3 Å². The number of aliphatic hydroxyl groups excluding tert-OH is 2. The number of nitrogens with two attached hydrogens (primary N) is 4. The van der Waals surface area contributed by atoms with E-state index in [1.807, 2.05) is 0 Å². The van der Waals surface area contributed by atoms with Gasteiger partial charge in [-0.25, -0.2) is 0 Å². The summed E-state index contributed by atoms with van der Waals surface area (Å²) in [6, 6.07) is -1.26. The number of allylic oxidation sites excluding steroid dienone is 2. The van der Waals surface area contributed by atoms with E-state index in [1.54, 1.807) is 6.92 Å². The average Bonchev–Trinajstić information content (AvgIpc) is 2.84. The Hall–Kier alpha value is -3.86. The predicted octanol–water partition coefficient (Wildman–Crippen LogP) is -3.46. The van der Waals surface area contributed by atoms with Crippen LogP contribution in [-0.2, 0) is 19.2 Å². The number of carbonyl (C=O) groups excluding carboxylic acids is 4. The fourth-order valence-corrected chi connectivity index (χ4v) is 3.33. The zero-order valence-electron chi connectivity index (χ0n) is 23.4. The lowest BCUT2D eigenvalue weighted by molar-refractivity contribution is -0.122. The van der Waals surface area contributed by atoms with Crippen LogP contribution in [0.4, 0.5) is 0 Å². The number of hydrogen-bond acceptors (Lipinski definition) is 10. The van der Waals surface area contributed by atoms with Crippen LogP contribution in [0.25, 0.3) is 0 Å². The van der Waals surface area contributed by atoms with E-state index in [1.165, 1.54) is 18.2 Å². The Bertz CT molecular complexity index is 955. The third kappa shape index (κ3) is 22.6. The Morgan fingerprint density at radius 1 is 0.732 bits per heavy atom. The fraction of sp³-hybridized carbons (Fsp3) is 0.600. The predicted molar refractivity (Wildman–Crippen MR) is 154 cm³/mol. The van der Waals surface area contributed by atoms with Crippen molar-refractivity contribution < 1.29 is 29.4 Å². The third-order valence-corrected chi connectivity index (χ3v) is 5.36. The first kappa shape index (κ1) is 37.1. The van der Waals surface area contributed by atoms with Gasteiger partial charge < -0.3 is 54.4 Å². The molecule has 0 aromatic heterocycles. The molecule has 41 heavy (non-hydrogen) atoms. The van der Waals surface area contributed by atoms with Crippen LogP contribution in [0.15, 0.2) is 23.8 Å². The summed E-state index contributed by atoms with van der Waals surface area (Å²) in [5.74, 6) is -1.75. The van der Waals surface area contributed by atoms with Crippen LogP contribution in [-0.4, -0.2) is 96.0 Å². The summed E-state index contributed by atoms with van der Waals surface area (Å²) < 4.78 is 0. The molecule has 0 fully saturated rings. The molecule has 0 aliphatic rings. The summed E-state index contributed by atoms with van der Waals surface area (Å²) in [5, 5.41) is 44.5. The maximum Gasteiger partial charge on any atom is 0.244 e. The molecule has 0 aliphatic carbocycles. The van der Waals surface area contributed by atoms with Gasteiger partial charge in [0.2, 0.25) is 23.6 Å². The van der Waals surface area contributed by atoms with Crippen molar-refractivity contribution in [2.75, 3.05) is 26.2 Å². The van der Waals surface area contributed by atoms with Gasteiger partial charge in [-0.1, -0.05) is 6.08 Å². The van der Waals surface area contributed by atoms with Gasteiger partial charge >= 0.3 is 0 Å². The van der Waals surface area contributed by atoms with Crippen LogP contribution in [0.5, 0.6) is 0 Å². The molecule has 0 aromatic carbocycles. The van der Waals surface area contributed by atoms with Crippen molar-refractivity contribution in [1.29, 1.82) is 10.8 Å². The van der Waals surface area contributed by atoms with Crippen molar-refractivity contribution in [3.63, 3.8) is 0 Å². The topological polar surface area (TPSA) is 309 Å². The molecule has 0 heterocycles. The number of nitrogens with one attached hydrogen (secondary N) is 6. The molecule has 0 saturated heterocycles. The number of aliphatic hydroxyl groups is 2. The minimum atomic E-state index is -0.977. The number of hydrogen-bond donors (Lipinski definition) is 12. The summed E-state index contributed by atoms with van der Waals surface area (Å²) in [4.78, 5) is 47.6. The van der Waals surface area contributed by atoms with Crippen LogP contribution >= 0.6 is 0 Å². The van der Waals surface area contributed by atoms with E-state index in [2.05, 4.69) is 21.3 Å². The lowest BCUT2D eigenvalue weighted by Gasteiger charge is -2.16. The highest BCUT2D eigenvalue weighted by molar-refractivity contribution is 5.90. The van der Waals surface area contributed by atoms with Crippen molar-refractivity contribution in [2.45, 2.75) is 69.7 Å². The van der Waals surface area contributed by atoms with Gasteiger partial charge in [-0.3, -0.25) is 30.0 Å². The Morgan fingerprint density at radius 3 is 1.56 bits per heavy atom. The molecular weight excluding hydrogens is 536 g/mol. The molecule has 0 radical (unpaired) electrons. The average molecular weight is 583 g/mol. The fourth-order valence-electron chi connectivity index (χ4n) is 3.33. The summed E-state index contributed by atoms with van der Waals surface area (Å²) in [7, 11) is 0. The standard InChI is InChI=1S/C25H46N10O6/c1-15(8-23(39)35-14-19(37)10-17(27)12-25(41)33-7-5-21(30)31)2-3-22(38)34-13-18(36)9-16(26)11-24(40)32-6-4-20(28)29/h2-3,8,16-19,36-37H,4-7,9-14,26-27H2,1H3,(H3,28,29)(H3,30,31)(H,32,40)(H,33,41)(H,34,38)(H,35,39)/b3-2+,15-8+/t16-,17-,18-,19-/m1/s1. The van der Waals surface area contributed by atoms with E-state index in [9.17, 15) is 29.4 Å². The first-order valence-electron chi connectivity index (χ1n) is 13.2. The third-order valence-electron chi connectivity index (χ3n) is 5.36. The Morgan fingerprint density at radius 2 is 1.15 bits per heavy atom. The Kier molecular flexibility index (Phi) is 19.0. The van der Waals surface area contributed by atoms with Crippen LogP contribution in [0.3, 0.4) is 0 Å². The number of rotatable bonds is 21. The molecule has 0 saturated carbocycles. The second kappa shape index (κ2) is 21.0. The van der Waals surface area contributed by atoms with E-state index in [4.69, 9.17) is 33.8 Å². The normalized spacial score (nSPS) is 14.4. The summed E-state index contributed by atoms with van der Waals surface area (Å²) in [6.07, 6.45) is 2.42. The summed E-state index contributed by atoms with van der Waals surface area (Å²) in [6.45, 7) is 1.86. The molecule has 4 atom stereocenters. The second-order valence-corrected chi connectivity index (χ2v) is 9.67. The van der Waals surface area contributed by atoms with Crippen molar-refractivity contribution in [3.05, 3.63) is 23.8 Å². The number of amidine groups is 2. The molecular formula is C25H46N10O6. The van der Waals surface area contributed by atoms with Gasteiger partial charge in [0.15, 0.2) is 0 Å². The highest BCUT2D eigenvalue weighted by Gasteiger charge is 2.16. The van der Waals surface area contributed by atoms with Crippen LogP contribution in [0.1, 0.15) is 45.4 Å². The van der Waals surface area contributed by atoms with E-state index in [0.717, 1.165) is 0 Å². The van der Waals surface area contributed by atoms with E-state index in [0.29, 0.717) is 5.57 Å². The smallest absolute Gasteiger partial charge is 0.244 e. The summed E-state index contributed by atoms with van der Waals surface area (Å²) in [5.41, 5.74) is 22.6. The van der Waals surface area contributed by atoms with Gasteiger partial charge in [0.05, 0.1) is 23.9 Å². The highest BCUT2D eigenvalue weighted by atomic mass is 16.3. The molecule has 0 spiro atoms. The lowest BCUT2D eigenvalue weighted by atomic mass is 10.1. The second-order valence-electron chi connectivity index (χ2n) is 9.67. The minimum absolute atomic E-state index is 0.0287. The van der Waals surface area contributed by atoms with Crippen molar-refractivity contribution >= 4 is 35.3 Å². The Balaban J connectivity index is 4.29. The van der Waals surface area contributed by atoms with Crippen LogP contribution < -0.4 is 44.2 Å². The monoisotopic (exact) mass is 582 g/mol. The highest BCUT2D eigenvalue weighted by Crippen LogP contribution is 2.02. The maximum absolute atomic E-state index is 12.1. The van der Waals surface area contributed by atoms with Gasteiger partial charge in [0.1, 0.15) is 0 Å². The zero-order chi connectivity index (χ0) is 31.4. The molecule has 0 unspecified atom stereocenters. The van der Waals surface area contributed by atoms with Gasteiger partial charge in [-0.2, -0.15) is 0 Å². The van der Waals surface area contributed by atoms with Gasteiger partial charge in [0.25, 0.3) is 0 Å². The minimum Gasteiger partial charge on any atom is -0.391 e.